The van der Waals surface area contributed by atoms with Gasteiger partial charge in [0.1, 0.15) is 4.90 Å². The summed E-state index contributed by atoms with van der Waals surface area (Å²) in [5.74, 6) is 0.466. The van der Waals surface area contributed by atoms with Crippen LogP contribution in [0.5, 0.6) is 0 Å². The molecule has 1 unspecified atom stereocenters. The molecule has 1 rings (SSSR count). The fourth-order valence-electron chi connectivity index (χ4n) is 2.35. The zero-order valence-electron chi connectivity index (χ0n) is 13.9. The Bertz CT molecular complexity index is 548. The first-order valence-corrected chi connectivity index (χ1v) is 9.82. The highest BCUT2D eigenvalue weighted by atomic mass is 32.2. The maximum Gasteiger partial charge on any atom is 0.242 e. The Morgan fingerprint density at radius 3 is 2.33 bits per heavy atom. The number of sulfonamides is 1. The largest absolute Gasteiger partial charge is 0.310 e. The molecule has 0 fully saturated rings. The second-order valence-electron chi connectivity index (χ2n) is 6.36. The molecule has 1 aromatic rings. The lowest BCUT2D eigenvalue weighted by molar-refractivity contribution is 0.482. The standard InChI is InChI=1S/C15H28N2O2S2/c1-10(2)7-13(6)17-21(18,19)15-12(5)9-20-14(15)8-16-11(3)4/h9-11,13,16-17H,7-8H2,1-6H3. The van der Waals surface area contributed by atoms with E-state index in [0.29, 0.717) is 23.4 Å². The number of rotatable bonds is 8. The lowest BCUT2D eigenvalue weighted by atomic mass is 10.1. The second kappa shape index (κ2) is 7.72. The van der Waals surface area contributed by atoms with E-state index in [1.165, 1.54) is 11.3 Å². The maximum atomic E-state index is 12.6. The van der Waals surface area contributed by atoms with Crippen molar-refractivity contribution in [3.63, 3.8) is 0 Å². The average Bonchev–Trinajstić information content (AvgIpc) is 2.66. The molecule has 0 aromatic carbocycles. The van der Waals surface area contributed by atoms with Crippen LogP contribution in [0.25, 0.3) is 0 Å². The van der Waals surface area contributed by atoms with E-state index >= 15 is 0 Å². The predicted octanol–water partition coefficient (Wildman–Crippen LogP) is 3.27. The maximum absolute atomic E-state index is 12.6. The van der Waals surface area contributed by atoms with Gasteiger partial charge in [-0.05, 0) is 37.1 Å². The minimum absolute atomic E-state index is 0.0554. The van der Waals surface area contributed by atoms with Crippen LogP contribution in [0, 0.1) is 12.8 Å². The van der Waals surface area contributed by atoms with E-state index in [0.717, 1.165) is 16.9 Å². The molecule has 0 aliphatic carbocycles. The fourth-order valence-corrected chi connectivity index (χ4v) is 5.36. The molecule has 0 aliphatic heterocycles. The molecule has 0 saturated carbocycles. The smallest absolute Gasteiger partial charge is 0.242 e. The van der Waals surface area contributed by atoms with E-state index in [9.17, 15) is 8.42 Å². The SMILES string of the molecule is Cc1csc(CNC(C)C)c1S(=O)(=O)NC(C)CC(C)C. The van der Waals surface area contributed by atoms with E-state index in [1.54, 1.807) is 0 Å². The van der Waals surface area contributed by atoms with Crippen LogP contribution in [0.4, 0.5) is 0 Å². The lowest BCUT2D eigenvalue weighted by Crippen LogP contribution is -2.34. The quantitative estimate of drug-likeness (QED) is 0.768. The van der Waals surface area contributed by atoms with Gasteiger partial charge in [0, 0.05) is 23.5 Å². The summed E-state index contributed by atoms with van der Waals surface area (Å²) in [6.45, 7) is 12.7. The highest BCUT2D eigenvalue weighted by molar-refractivity contribution is 7.89. The van der Waals surface area contributed by atoms with Gasteiger partial charge in [0.05, 0.1) is 0 Å². The molecule has 2 N–H and O–H groups in total. The summed E-state index contributed by atoms with van der Waals surface area (Å²) in [6, 6.07) is 0.274. The third-order valence-electron chi connectivity index (χ3n) is 3.11. The van der Waals surface area contributed by atoms with Gasteiger partial charge in [0.2, 0.25) is 10.0 Å². The molecule has 6 heteroatoms. The van der Waals surface area contributed by atoms with E-state index in [4.69, 9.17) is 0 Å². The molecule has 0 saturated heterocycles. The Hall–Kier alpha value is -0.430. The Labute approximate surface area is 133 Å². The van der Waals surface area contributed by atoms with Crippen LogP contribution in [0.1, 0.15) is 51.5 Å². The zero-order valence-corrected chi connectivity index (χ0v) is 15.5. The zero-order chi connectivity index (χ0) is 16.2. The Morgan fingerprint density at radius 1 is 1.19 bits per heavy atom. The lowest BCUT2D eigenvalue weighted by Gasteiger charge is -2.17. The molecule has 1 atom stereocenters. The second-order valence-corrected chi connectivity index (χ2v) is 8.97. The molecular weight excluding hydrogens is 304 g/mol. The molecule has 21 heavy (non-hydrogen) atoms. The average molecular weight is 333 g/mol. The number of thiophene rings is 1. The summed E-state index contributed by atoms with van der Waals surface area (Å²) in [6.07, 6.45) is 0.835. The first kappa shape index (κ1) is 18.6. The van der Waals surface area contributed by atoms with Gasteiger partial charge in [-0.2, -0.15) is 0 Å². The first-order valence-electron chi connectivity index (χ1n) is 7.46. The Balaban J connectivity index is 2.94. The minimum atomic E-state index is -3.45. The number of hydrogen-bond donors (Lipinski definition) is 2. The van der Waals surface area contributed by atoms with Crippen LogP contribution in [0.3, 0.4) is 0 Å². The van der Waals surface area contributed by atoms with Crippen molar-refractivity contribution < 1.29 is 8.42 Å². The van der Waals surface area contributed by atoms with Gasteiger partial charge in [0.15, 0.2) is 0 Å². The van der Waals surface area contributed by atoms with Crippen LogP contribution >= 0.6 is 11.3 Å². The van der Waals surface area contributed by atoms with Crippen molar-refractivity contribution in [2.45, 2.75) is 71.5 Å². The Kier molecular flexibility index (Phi) is 6.84. The summed E-state index contributed by atoms with van der Waals surface area (Å²) in [7, 11) is -3.45. The molecule has 0 aliphatic rings. The normalized spacial score (nSPS) is 14.1. The van der Waals surface area contributed by atoms with Crippen LogP contribution in [-0.2, 0) is 16.6 Å². The van der Waals surface area contributed by atoms with Gasteiger partial charge in [-0.15, -0.1) is 11.3 Å². The number of nitrogens with one attached hydrogen (secondary N) is 2. The molecule has 1 heterocycles. The molecule has 1 aromatic heterocycles. The molecule has 0 radical (unpaired) electrons. The molecular formula is C15H28N2O2S2. The van der Waals surface area contributed by atoms with Crippen LogP contribution in [0.15, 0.2) is 10.3 Å². The van der Waals surface area contributed by atoms with E-state index < -0.39 is 10.0 Å². The van der Waals surface area contributed by atoms with Gasteiger partial charge in [-0.3, -0.25) is 0 Å². The summed E-state index contributed by atoms with van der Waals surface area (Å²) in [4.78, 5) is 1.33. The molecule has 4 nitrogen and oxygen atoms in total. The van der Waals surface area contributed by atoms with Gasteiger partial charge in [0.25, 0.3) is 0 Å². The molecule has 0 amide bonds. The minimum Gasteiger partial charge on any atom is -0.310 e. The van der Waals surface area contributed by atoms with Gasteiger partial charge < -0.3 is 5.32 Å². The van der Waals surface area contributed by atoms with E-state index in [2.05, 4.69) is 37.7 Å². The van der Waals surface area contributed by atoms with Gasteiger partial charge >= 0.3 is 0 Å². The highest BCUT2D eigenvalue weighted by Crippen LogP contribution is 2.27. The summed E-state index contributed by atoms with van der Waals surface area (Å²) in [5.41, 5.74) is 0.824. The van der Waals surface area contributed by atoms with Crippen molar-refractivity contribution in [2.75, 3.05) is 0 Å². The number of hydrogen-bond acceptors (Lipinski definition) is 4. The van der Waals surface area contributed by atoms with Crippen molar-refractivity contribution >= 4 is 21.4 Å². The molecule has 0 spiro atoms. The van der Waals surface area contributed by atoms with Crippen molar-refractivity contribution in [3.05, 3.63) is 15.8 Å². The van der Waals surface area contributed by atoms with Crippen LogP contribution < -0.4 is 10.0 Å². The third kappa shape index (κ3) is 5.70. The third-order valence-corrected chi connectivity index (χ3v) is 6.16. The van der Waals surface area contributed by atoms with E-state index in [-0.39, 0.29) is 6.04 Å². The molecule has 0 bridgehead atoms. The van der Waals surface area contributed by atoms with Crippen molar-refractivity contribution in [1.82, 2.24) is 10.0 Å². The summed E-state index contributed by atoms with van der Waals surface area (Å²) < 4.78 is 28.1. The van der Waals surface area contributed by atoms with E-state index in [1.807, 2.05) is 19.2 Å². The highest BCUT2D eigenvalue weighted by Gasteiger charge is 2.24. The summed E-state index contributed by atoms with van der Waals surface area (Å²) >= 11 is 1.50. The van der Waals surface area contributed by atoms with Gasteiger partial charge in [-0.1, -0.05) is 27.7 Å². The fraction of sp³-hybridized carbons (Fsp3) is 0.733. The van der Waals surface area contributed by atoms with Gasteiger partial charge in [-0.25, -0.2) is 13.1 Å². The predicted molar refractivity (Wildman–Crippen MR) is 90.3 cm³/mol. The topological polar surface area (TPSA) is 58.2 Å². The Morgan fingerprint density at radius 2 is 1.81 bits per heavy atom. The van der Waals surface area contributed by atoms with Crippen LogP contribution in [-0.4, -0.2) is 20.5 Å². The number of aryl methyl sites for hydroxylation is 1. The van der Waals surface area contributed by atoms with Crippen LogP contribution in [0.2, 0.25) is 0 Å². The monoisotopic (exact) mass is 332 g/mol. The van der Waals surface area contributed by atoms with Crippen molar-refractivity contribution in [1.29, 1.82) is 0 Å². The summed E-state index contributed by atoms with van der Waals surface area (Å²) in [5, 5.41) is 5.21. The van der Waals surface area contributed by atoms with Crippen molar-refractivity contribution in [3.8, 4) is 0 Å². The first-order chi connectivity index (χ1) is 9.63. The molecule has 122 valence electrons. The van der Waals surface area contributed by atoms with Crippen molar-refractivity contribution in [2.24, 2.45) is 5.92 Å².